The lowest BCUT2D eigenvalue weighted by molar-refractivity contribution is -0.118. The molecule has 1 aromatic heterocycles. The number of likely N-dealkylation sites (N-methyl/N-ethyl adjacent to an activating group) is 1. The highest BCUT2D eigenvalue weighted by Crippen LogP contribution is 2.13. The Balaban J connectivity index is 1.49. The van der Waals surface area contributed by atoms with Gasteiger partial charge in [-0.2, -0.15) is 0 Å². The molecule has 36 heavy (non-hydrogen) atoms. The van der Waals surface area contributed by atoms with Gasteiger partial charge in [-0.3, -0.25) is 14.7 Å². The van der Waals surface area contributed by atoms with Gasteiger partial charge < -0.3 is 19.7 Å². The predicted molar refractivity (Wildman–Crippen MR) is 147 cm³/mol. The third kappa shape index (κ3) is 9.39. The van der Waals surface area contributed by atoms with E-state index in [2.05, 4.69) is 74.8 Å². The highest BCUT2D eigenvalue weighted by Gasteiger charge is 2.18. The molecule has 8 heteroatoms. The van der Waals surface area contributed by atoms with Crippen LogP contribution in [0.5, 0.6) is 0 Å². The van der Waals surface area contributed by atoms with E-state index in [1.54, 1.807) is 6.20 Å². The number of aromatic amines is 1. The number of rotatable bonds is 18. The zero-order valence-corrected chi connectivity index (χ0v) is 22.5. The van der Waals surface area contributed by atoms with Crippen LogP contribution in [0.1, 0.15) is 56.5 Å². The van der Waals surface area contributed by atoms with E-state index in [1.807, 2.05) is 11.1 Å². The van der Waals surface area contributed by atoms with Gasteiger partial charge in [-0.1, -0.05) is 38.1 Å². The number of nitrogens with zero attached hydrogens (tertiary/aromatic N) is 6. The van der Waals surface area contributed by atoms with Crippen LogP contribution in [-0.2, 0) is 24.4 Å². The molecule has 198 valence electrons. The Morgan fingerprint density at radius 1 is 0.917 bits per heavy atom. The second-order valence-corrected chi connectivity index (χ2v) is 9.84. The number of carbonyl (C=O) groups is 1. The van der Waals surface area contributed by atoms with Crippen LogP contribution in [0.3, 0.4) is 0 Å². The number of hydrogen-bond acceptors (Lipinski definition) is 6. The van der Waals surface area contributed by atoms with E-state index in [0.29, 0.717) is 6.54 Å². The number of hydrogen-bond donors (Lipinski definition) is 1. The van der Waals surface area contributed by atoms with Crippen LogP contribution in [0.15, 0.2) is 41.7 Å². The number of amidine groups is 1. The first-order valence-electron chi connectivity index (χ1n) is 13.6. The van der Waals surface area contributed by atoms with Crippen molar-refractivity contribution in [1.82, 2.24) is 29.6 Å². The van der Waals surface area contributed by atoms with Crippen LogP contribution in [0, 0.1) is 0 Å². The second-order valence-electron chi connectivity index (χ2n) is 9.84. The summed E-state index contributed by atoms with van der Waals surface area (Å²) in [5, 5.41) is 0. The summed E-state index contributed by atoms with van der Waals surface area (Å²) in [6, 6.07) is 8.67. The number of unbranched alkanes of at least 4 members (excludes halogenated alkanes) is 1. The van der Waals surface area contributed by atoms with E-state index < -0.39 is 0 Å². The molecular weight excluding hydrogens is 450 g/mol. The van der Waals surface area contributed by atoms with Crippen LogP contribution in [0.25, 0.3) is 0 Å². The van der Waals surface area contributed by atoms with Crippen molar-refractivity contribution in [1.29, 1.82) is 0 Å². The molecule has 1 aliphatic rings. The number of H-pyrrole nitrogens is 1. The monoisotopic (exact) mass is 495 g/mol. The SMILES string of the molecule is CCCN(CCC)CCCCN(C=O)Cc1ccc(CN(CC2=NCCN2C)Cc2ncc[nH]2)cc1. The zero-order valence-electron chi connectivity index (χ0n) is 22.5. The molecule has 0 aliphatic carbocycles. The van der Waals surface area contributed by atoms with Gasteiger partial charge in [0.25, 0.3) is 0 Å². The van der Waals surface area contributed by atoms with Crippen molar-refractivity contribution in [3.63, 3.8) is 0 Å². The fourth-order valence-electron chi connectivity index (χ4n) is 4.74. The molecule has 0 spiro atoms. The van der Waals surface area contributed by atoms with Gasteiger partial charge in [-0.15, -0.1) is 0 Å². The van der Waals surface area contributed by atoms with Crippen LogP contribution >= 0.6 is 0 Å². The minimum atomic E-state index is 0.662. The van der Waals surface area contributed by atoms with Gasteiger partial charge in [0.05, 0.1) is 19.6 Å². The molecule has 0 bridgehead atoms. The fraction of sp³-hybridized carbons (Fsp3) is 0.607. The first kappa shape index (κ1) is 27.9. The standard InChI is InChI=1S/C28H45N7O/c1-4-15-33(16-5-2)17-6-7-18-34(24-36)20-25-8-10-26(11-9-25)21-35(22-27-29-12-13-30-27)23-28-31-14-19-32(28)3/h8-13,24H,4-7,14-23H2,1-3H3,(H,29,30). The molecule has 1 N–H and O–H groups in total. The normalized spacial score (nSPS) is 13.6. The summed E-state index contributed by atoms with van der Waals surface area (Å²) in [6.45, 7) is 13.6. The molecule has 0 saturated carbocycles. The Bertz CT molecular complexity index is 891. The molecule has 1 amide bonds. The van der Waals surface area contributed by atoms with Gasteiger partial charge in [0.2, 0.25) is 6.41 Å². The van der Waals surface area contributed by atoms with Crippen molar-refractivity contribution >= 4 is 12.2 Å². The first-order chi connectivity index (χ1) is 17.6. The lowest BCUT2D eigenvalue weighted by Crippen LogP contribution is -2.36. The van der Waals surface area contributed by atoms with E-state index in [9.17, 15) is 4.79 Å². The van der Waals surface area contributed by atoms with Crippen molar-refractivity contribution in [3.8, 4) is 0 Å². The zero-order chi connectivity index (χ0) is 25.6. The summed E-state index contributed by atoms with van der Waals surface area (Å²) in [4.78, 5) is 33.0. The number of aliphatic imine (C=N–C) groups is 1. The molecular formula is C28H45N7O. The van der Waals surface area contributed by atoms with Crippen molar-refractivity contribution in [2.24, 2.45) is 4.99 Å². The van der Waals surface area contributed by atoms with Crippen LogP contribution in [-0.4, -0.2) is 94.7 Å². The summed E-state index contributed by atoms with van der Waals surface area (Å²) < 4.78 is 0. The van der Waals surface area contributed by atoms with Crippen molar-refractivity contribution < 1.29 is 4.79 Å². The summed E-state index contributed by atoms with van der Waals surface area (Å²) in [7, 11) is 2.11. The third-order valence-electron chi connectivity index (χ3n) is 6.68. The molecule has 1 aliphatic heterocycles. The molecule has 0 fully saturated rings. The Morgan fingerprint density at radius 2 is 1.61 bits per heavy atom. The van der Waals surface area contributed by atoms with Gasteiger partial charge in [0, 0.05) is 45.6 Å². The highest BCUT2D eigenvalue weighted by atomic mass is 16.1. The van der Waals surface area contributed by atoms with Crippen molar-refractivity contribution in [2.75, 3.05) is 52.9 Å². The maximum atomic E-state index is 11.7. The van der Waals surface area contributed by atoms with Gasteiger partial charge in [0.1, 0.15) is 11.7 Å². The molecule has 2 aromatic rings. The number of benzene rings is 1. The van der Waals surface area contributed by atoms with Gasteiger partial charge in [-0.05, 0) is 56.4 Å². The topological polar surface area (TPSA) is 71.1 Å². The van der Waals surface area contributed by atoms with E-state index in [1.165, 1.54) is 37.1 Å². The van der Waals surface area contributed by atoms with Gasteiger partial charge >= 0.3 is 0 Å². The lowest BCUT2D eigenvalue weighted by atomic mass is 10.1. The molecule has 8 nitrogen and oxygen atoms in total. The summed E-state index contributed by atoms with van der Waals surface area (Å²) in [6.07, 6.45) is 9.23. The van der Waals surface area contributed by atoms with E-state index in [0.717, 1.165) is 76.7 Å². The molecule has 0 atom stereocenters. The van der Waals surface area contributed by atoms with Gasteiger partial charge in [0.15, 0.2) is 0 Å². The maximum absolute atomic E-state index is 11.7. The van der Waals surface area contributed by atoms with Crippen molar-refractivity contribution in [3.05, 3.63) is 53.6 Å². The maximum Gasteiger partial charge on any atom is 0.210 e. The van der Waals surface area contributed by atoms with Gasteiger partial charge in [-0.25, -0.2) is 4.98 Å². The third-order valence-corrected chi connectivity index (χ3v) is 6.68. The largest absolute Gasteiger partial charge is 0.360 e. The molecule has 3 rings (SSSR count). The molecule has 0 radical (unpaired) electrons. The number of imidazole rings is 1. The molecule has 0 saturated heterocycles. The molecule has 2 heterocycles. The average molecular weight is 496 g/mol. The Kier molecular flexibility index (Phi) is 11.9. The van der Waals surface area contributed by atoms with Crippen LogP contribution < -0.4 is 0 Å². The van der Waals surface area contributed by atoms with E-state index in [-0.39, 0.29) is 0 Å². The van der Waals surface area contributed by atoms with E-state index >= 15 is 0 Å². The first-order valence-corrected chi connectivity index (χ1v) is 13.6. The van der Waals surface area contributed by atoms with Crippen molar-refractivity contribution in [2.45, 2.75) is 59.2 Å². The van der Waals surface area contributed by atoms with E-state index in [4.69, 9.17) is 0 Å². The minimum Gasteiger partial charge on any atom is -0.360 e. The highest BCUT2D eigenvalue weighted by molar-refractivity contribution is 5.85. The Labute approximate surface area is 217 Å². The smallest absolute Gasteiger partial charge is 0.210 e. The Morgan fingerprint density at radius 3 is 2.19 bits per heavy atom. The average Bonchev–Trinajstić information content (AvgIpc) is 3.54. The Hall–Kier alpha value is -2.71. The molecule has 0 unspecified atom stereocenters. The quantitative estimate of drug-likeness (QED) is 0.253. The summed E-state index contributed by atoms with van der Waals surface area (Å²) >= 11 is 0. The van der Waals surface area contributed by atoms with Crippen LogP contribution in [0.4, 0.5) is 0 Å². The summed E-state index contributed by atoms with van der Waals surface area (Å²) in [5.41, 5.74) is 2.41. The lowest BCUT2D eigenvalue weighted by Gasteiger charge is -2.24. The minimum absolute atomic E-state index is 0.662. The number of aromatic nitrogens is 2. The number of nitrogens with one attached hydrogen (secondary N) is 1. The number of carbonyl (C=O) groups excluding carboxylic acids is 1. The molecule has 1 aromatic carbocycles. The van der Waals surface area contributed by atoms with Crippen LogP contribution in [0.2, 0.25) is 0 Å². The summed E-state index contributed by atoms with van der Waals surface area (Å²) in [5.74, 6) is 2.09. The second kappa shape index (κ2) is 15.4. The predicted octanol–water partition coefficient (Wildman–Crippen LogP) is 3.62. The number of amides is 1. The fourth-order valence-corrected chi connectivity index (χ4v) is 4.74.